The Morgan fingerprint density at radius 2 is 1.88 bits per heavy atom. The summed E-state index contributed by atoms with van der Waals surface area (Å²) < 4.78 is 0. The minimum Gasteiger partial charge on any atom is -0.377 e. The van der Waals surface area contributed by atoms with Crippen LogP contribution in [0.3, 0.4) is 0 Å². The van der Waals surface area contributed by atoms with Crippen molar-refractivity contribution in [3.63, 3.8) is 0 Å². The molecular formula is C13H19NO2. The van der Waals surface area contributed by atoms with Crippen molar-refractivity contribution >= 4 is 5.91 Å². The van der Waals surface area contributed by atoms with E-state index in [1.54, 1.807) is 0 Å². The van der Waals surface area contributed by atoms with E-state index < -0.39 is 0 Å². The van der Waals surface area contributed by atoms with Crippen LogP contribution in [0.5, 0.6) is 0 Å². The molecule has 0 aliphatic rings. The Bertz CT molecular complexity index is 298. The summed E-state index contributed by atoms with van der Waals surface area (Å²) in [5, 5.41) is 10.8. The molecule has 0 spiro atoms. The fourth-order valence-electron chi connectivity index (χ4n) is 1.61. The molecule has 3 nitrogen and oxygen atoms in total. The number of aliphatic hydroxyl groups is 1. The first kappa shape index (κ1) is 12.7. The Labute approximate surface area is 96.5 Å². The summed E-state index contributed by atoms with van der Waals surface area (Å²) in [7, 11) is 0. The average Bonchev–Trinajstić information content (AvgIpc) is 2.30. The van der Waals surface area contributed by atoms with Gasteiger partial charge in [-0.15, -0.1) is 0 Å². The van der Waals surface area contributed by atoms with Crippen LogP contribution in [0.4, 0.5) is 0 Å². The summed E-state index contributed by atoms with van der Waals surface area (Å²) in [6, 6.07) is 10.4. The normalized spacial score (nSPS) is 10.1. The highest BCUT2D eigenvalue weighted by Gasteiger charge is 1.99. The molecule has 3 heteroatoms. The van der Waals surface area contributed by atoms with Gasteiger partial charge >= 0.3 is 0 Å². The second-order valence-corrected chi connectivity index (χ2v) is 3.80. The number of carbonyl (C=O) groups excluding carboxylic acids is 1. The smallest absolute Gasteiger partial charge is 0.221 e. The topological polar surface area (TPSA) is 49.3 Å². The van der Waals surface area contributed by atoms with E-state index in [9.17, 15) is 4.79 Å². The van der Waals surface area contributed by atoms with E-state index in [2.05, 4.69) is 17.4 Å². The minimum absolute atomic E-state index is 0.0674. The number of rotatable bonds is 7. The van der Waals surface area contributed by atoms with Gasteiger partial charge in [0.2, 0.25) is 5.91 Å². The molecule has 1 aromatic rings. The quantitative estimate of drug-likeness (QED) is 0.545. The van der Waals surface area contributed by atoms with Crippen molar-refractivity contribution in [2.75, 3.05) is 6.73 Å². The first-order chi connectivity index (χ1) is 7.83. The van der Waals surface area contributed by atoms with E-state index in [0.29, 0.717) is 6.42 Å². The van der Waals surface area contributed by atoms with Crippen LogP contribution >= 0.6 is 0 Å². The molecule has 0 aromatic heterocycles. The van der Waals surface area contributed by atoms with Gasteiger partial charge in [0.15, 0.2) is 0 Å². The summed E-state index contributed by atoms with van der Waals surface area (Å²) in [5.41, 5.74) is 1.35. The van der Waals surface area contributed by atoms with Gasteiger partial charge in [-0.05, 0) is 24.8 Å². The molecule has 0 aliphatic heterocycles. The summed E-state index contributed by atoms with van der Waals surface area (Å²) in [6.45, 7) is -0.261. The number of carbonyl (C=O) groups is 1. The lowest BCUT2D eigenvalue weighted by Crippen LogP contribution is -2.23. The van der Waals surface area contributed by atoms with E-state index in [1.807, 2.05) is 18.2 Å². The highest BCUT2D eigenvalue weighted by Crippen LogP contribution is 2.07. The standard InChI is InChI=1S/C13H19NO2/c15-11-14-13(16)10-6-2-5-9-12-7-3-1-4-8-12/h1,3-4,7-8,15H,2,5-6,9-11H2,(H,14,16). The molecular weight excluding hydrogens is 202 g/mol. The van der Waals surface area contributed by atoms with Crippen LogP contribution < -0.4 is 5.32 Å². The summed E-state index contributed by atoms with van der Waals surface area (Å²) in [4.78, 5) is 11.0. The predicted octanol–water partition coefficient (Wildman–Crippen LogP) is 1.86. The molecule has 1 rings (SSSR count). The van der Waals surface area contributed by atoms with Crippen molar-refractivity contribution in [2.24, 2.45) is 0 Å². The molecule has 88 valence electrons. The lowest BCUT2D eigenvalue weighted by atomic mass is 10.1. The zero-order valence-corrected chi connectivity index (χ0v) is 9.48. The fourth-order valence-corrected chi connectivity index (χ4v) is 1.61. The molecule has 1 aromatic carbocycles. The first-order valence-corrected chi connectivity index (χ1v) is 5.74. The fraction of sp³-hybridized carbons (Fsp3) is 0.462. The van der Waals surface area contributed by atoms with Gasteiger partial charge in [-0.1, -0.05) is 36.8 Å². The van der Waals surface area contributed by atoms with Gasteiger partial charge in [-0.3, -0.25) is 4.79 Å². The second kappa shape index (κ2) is 7.88. The maximum absolute atomic E-state index is 11.0. The number of unbranched alkanes of at least 4 members (excludes halogenated alkanes) is 2. The highest BCUT2D eigenvalue weighted by atomic mass is 16.3. The number of hydrogen-bond donors (Lipinski definition) is 2. The number of aliphatic hydroxyl groups excluding tert-OH is 1. The van der Waals surface area contributed by atoms with E-state index in [1.165, 1.54) is 5.56 Å². The number of hydrogen-bond acceptors (Lipinski definition) is 2. The summed E-state index contributed by atoms with van der Waals surface area (Å²) in [6.07, 6.45) is 4.63. The Kier molecular flexibility index (Phi) is 6.26. The SMILES string of the molecule is O=C(CCCCCc1ccccc1)NCO. The van der Waals surface area contributed by atoms with Gasteiger partial charge in [0, 0.05) is 6.42 Å². The molecule has 0 heterocycles. The van der Waals surface area contributed by atoms with Crippen molar-refractivity contribution < 1.29 is 9.90 Å². The molecule has 2 N–H and O–H groups in total. The minimum atomic E-state index is -0.261. The molecule has 0 unspecified atom stereocenters. The van der Waals surface area contributed by atoms with Gasteiger partial charge in [0.25, 0.3) is 0 Å². The van der Waals surface area contributed by atoms with Crippen LogP contribution in [0.15, 0.2) is 30.3 Å². The number of benzene rings is 1. The molecule has 0 saturated heterocycles. The van der Waals surface area contributed by atoms with Crippen LogP contribution in [0.1, 0.15) is 31.2 Å². The molecule has 1 amide bonds. The Morgan fingerprint density at radius 1 is 1.12 bits per heavy atom. The van der Waals surface area contributed by atoms with E-state index in [-0.39, 0.29) is 12.6 Å². The number of amides is 1. The molecule has 0 atom stereocenters. The van der Waals surface area contributed by atoms with E-state index in [0.717, 1.165) is 25.7 Å². The third kappa shape index (κ3) is 5.51. The monoisotopic (exact) mass is 221 g/mol. The Hall–Kier alpha value is -1.35. The first-order valence-electron chi connectivity index (χ1n) is 5.74. The molecule has 0 fully saturated rings. The maximum atomic E-state index is 11.0. The zero-order valence-electron chi connectivity index (χ0n) is 9.48. The van der Waals surface area contributed by atoms with Crippen molar-refractivity contribution in [2.45, 2.75) is 32.1 Å². The van der Waals surface area contributed by atoms with Gasteiger partial charge in [0.05, 0.1) is 0 Å². The Balaban J connectivity index is 2.02. The third-order valence-corrected chi connectivity index (χ3v) is 2.49. The van der Waals surface area contributed by atoms with Crippen molar-refractivity contribution in [3.8, 4) is 0 Å². The number of nitrogens with one attached hydrogen (secondary N) is 1. The van der Waals surface area contributed by atoms with E-state index >= 15 is 0 Å². The zero-order chi connectivity index (χ0) is 11.6. The average molecular weight is 221 g/mol. The van der Waals surface area contributed by atoms with Gasteiger partial charge < -0.3 is 10.4 Å². The number of aryl methyl sites for hydroxylation is 1. The molecule has 16 heavy (non-hydrogen) atoms. The second-order valence-electron chi connectivity index (χ2n) is 3.80. The van der Waals surface area contributed by atoms with Crippen molar-refractivity contribution in [1.29, 1.82) is 0 Å². The molecule has 0 saturated carbocycles. The molecule has 0 bridgehead atoms. The van der Waals surface area contributed by atoms with Gasteiger partial charge in [0.1, 0.15) is 6.73 Å². The summed E-state index contributed by atoms with van der Waals surface area (Å²) in [5.74, 6) is -0.0674. The lowest BCUT2D eigenvalue weighted by Gasteiger charge is -2.02. The van der Waals surface area contributed by atoms with Gasteiger partial charge in [-0.2, -0.15) is 0 Å². The van der Waals surface area contributed by atoms with Crippen LogP contribution in [0, 0.1) is 0 Å². The van der Waals surface area contributed by atoms with Crippen LogP contribution in [0.2, 0.25) is 0 Å². The maximum Gasteiger partial charge on any atom is 0.221 e. The lowest BCUT2D eigenvalue weighted by molar-refractivity contribution is -0.122. The van der Waals surface area contributed by atoms with Crippen LogP contribution in [0.25, 0.3) is 0 Å². The van der Waals surface area contributed by atoms with Crippen LogP contribution in [-0.4, -0.2) is 17.7 Å². The Morgan fingerprint density at radius 3 is 2.56 bits per heavy atom. The third-order valence-electron chi connectivity index (χ3n) is 2.49. The van der Waals surface area contributed by atoms with Crippen LogP contribution in [-0.2, 0) is 11.2 Å². The molecule has 0 aliphatic carbocycles. The molecule has 0 radical (unpaired) electrons. The predicted molar refractivity (Wildman–Crippen MR) is 63.8 cm³/mol. The summed E-state index contributed by atoms with van der Waals surface area (Å²) >= 11 is 0. The van der Waals surface area contributed by atoms with Crippen molar-refractivity contribution in [3.05, 3.63) is 35.9 Å². The van der Waals surface area contributed by atoms with E-state index in [4.69, 9.17) is 5.11 Å². The highest BCUT2D eigenvalue weighted by molar-refractivity contribution is 5.75. The van der Waals surface area contributed by atoms with Crippen molar-refractivity contribution in [1.82, 2.24) is 5.32 Å². The van der Waals surface area contributed by atoms with Gasteiger partial charge in [-0.25, -0.2) is 0 Å². The largest absolute Gasteiger partial charge is 0.377 e.